The highest BCUT2D eigenvalue weighted by atomic mass is 19.1. The van der Waals surface area contributed by atoms with Crippen LogP contribution in [-0.2, 0) is 18.2 Å². The number of carbonyl (C=O) groups excluding carboxylic acids is 1. The molecule has 1 amide bonds. The predicted octanol–water partition coefficient (Wildman–Crippen LogP) is 5.45. The fraction of sp³-hybridized carbons (Fsp3) is 0.355. The smallest absolute Gasteiger partial charge is 0.410 e. The Balaban J connectivity index is 1.53. The van der Waals surface area contributed by atoms with E-state index in [1.165, 1.54) is 21.5 Å². The molecule has 5 aromatic rings. The van der Waals surface area contributed by atoms with Crippen molar-refractivity contribution >= 4 is 17.0 Å². The lowest BCUT2D eigenvalue weighted by atomic mass is 10.00. The van der Waals surface area contributed by atoms with Crippen molar-refractivity contribution in [1.29, 1.82) is 0 Å². The van der Waals surface area contributed by atoms with Crippen LogP contribution in [0.1, 0.15) is 55.1 Å². The van der Waals surface area contributed by atoms with Gasteiger partial charge in [-0.1, -0.05) is 13.3 Å². The van der Waals surface area contributed by atoms with E-state index in [9.17, 15) is 14.0 Å². The third-order valence-electron chi connectivity index (χ3n) is 8.18. The van der Waals surface area contributed by atoms with Gasteiger partial charge >= 0.3 is 11.8 Å². The van der Waals surface area contributed by atoms with Crippen molar-refractivity contribution in [1.82, 2.24) is 33.6 Å². The monoisotopic (exact) mass is 589 g/mol. The molecular formula is C31H33F2N7O3. The second kappa shape index (κ2) is 10.8. The molecule has 224 valence electrons. The number of hydrogen-bond donors (Lipinski definition) is 0. The summed E-state index contributed by atoms with van der Waals surface area (Å²) in [4.78, 5) is 28.7. The number of unbranched alkanes of at least 4 members (excludes halogenated alkanes) is 1. The van der Waals surface area contributed by atoms with E-state index in [1.54, 1.807) is 65.6 Å². The number of aryl methyl sites for hydroxylation is 3. The van der Waals surface area contributed by atoms with Gasteiger partial charge in [0.2, 0.25) is 0 Å². The van der Waals surface area contributed by atoms with Gasteiger partial charge in [-0.05, 0) is 62.6 Å². The fourth-order valence-corrected chi connectivity index (χ4v) is 5.84. The van der Waals surface area contributed by atoms with Crippen LogP contribution >= 0.6 is 0 Å². The van der Waals surface area contributed by atoms with Crippen molar-refractivity contribution in [3.63, 3.8) is 0 Å². The summed E-state index contributed by atoms with van der Waals surface area (Å²) in [6.45, 7) is 7.95. The second-order valence-corrected chi connectivity index (χ2v) is 11.0. The van der Waals surface area contributed by atoms with Crippen molar-refractivity contribution in [2.75, 3.05) is 13.2 Å². The zero-order chi connectivity index (χ0) is 30.6. The summed E-state index contributed by atoms with van der Waals surface area (Å²) in [6.07, 6.45) is 6.14. The predicted molar refractivity (Wildman–Crippen MR) is 157 cm³/mol. The van der Waals surface area contributed by atoms with E-state index in [4.69, 9.17) is 9.84 Å². The Morgan fingerprint density at radius 3 is 2.53 bits per heavy atom. The van der Waals surface area contributed by atoms with Gasteiger partial charge in [0.1, 0.15) is 11.6 Å². The summed E-state index contributed by atoms with van der Waals surface area (Å²) in [6, 6.07) is 6.11. The molecule has 1 aliphatic heterocycles. The second-order valence-electron chi connectivity index (χ2n) is 11.0. The SMILES string of the molecule is CCCCOC(=O)N1CCc2nn(-c3cc(C)c(F)c(C)c3)c(-n3ccn(-c4ccc5c(cnn5C)c4F)c3=O)c2[C@@H]1C. The molecule has 0 aliphatic carbocycles. The molecule has 3 aromatic heterocycles. The zero-order valence-corrected chi connectivity index (χ0v) is 24.8. The number of fused-ring (bicyclic) bond motifs is 2. The Kier molecular flexibility index (Phi) is 7.15. The molecule has 0 saturated carbocycles. The molecule has 0 N–H and O–H groups in total. The van der Waals surface area contributed by atoms with Gasteiger partial charge in [0.25, 0.3) is 0 Å². The molecule has 12 heteroatoms. The third-order valence-corrected chi connectivity index (χ3v) is 8.18. The van der Waals surface area contributed by atoms with E-state index in [0.717, 1.165) is 12.8 Å². The molecule has 4 heterocycles. The Morgan fingerprint density at radius 2 is 1.81 bits per heavy atom. The quantitative estimate of drug-likeness (QED) is 0.246. The van der Waals surface area contributed by atoms with Crippen LogP contribution in [0.2, 0.25) is 0 Å². The molecule has 0 unspecified atom stereocenters. The first kappa shape index (κ1) is 28.4. The van der Waals surface area contributed by atoms with Gasteiger partial charge in [0.05, 0.1) is 46.8 Å². The van der Waals surface area contributed by atoms with Gasteiger partial charge in [-0.2, -0.15) is 10.2 Å². The number of rotatable bonds is 6. The topological polar surface area (TPSA) is 92.1 Å². The number of halogens is 2. The highest BCUT2D eigenvalue weighted by molar-refractivity contribution is 5.81. The van der Waals surface area contributed by atoms with Crippen LogP contribution in [0.15, 0.2) is 47.7 Å². The molecule has 0 saturated heterocycles. The van der Waals surface area contributed by atoms with Crippen LogP contribution in [0.5, 0.6) is 0 Å². The number of imidazole rings is 1. The molecule has 43 heavy (non-hydrogen) atoms. The normalized spacial score (nSPS) is 14.9. The van der Waals surface area contributed by atoms with Crippen LogP contribution in [-0.4, -0.2) is 52.8 Å². The molecule has 0 radical (unpaired) electrons. The Bertz CT molecular complexity index is 1910. The van der Waals surface area contributed by atoms with E-state index in [-0.39, 0.29) is 11.5 Å². The molecular weight excluding hydrogens is 556 g/mol. The van der Waals surface area contributed by atoms with Gasteiger partial charge in [-0.15, -0.1) is 0 Å². The van der Waals surface area contributed by atoms with Gasteiger partial charge in [0, 0.05) is 38.0 Å². The first-order valence-electron chi connectivity index (χ1n) is 14.4. The summed E-state index contributed by atoms with van der Waals surface area (Å²) in [5.41, 5.74) is 2.95. The first-order valence-corrected chi connectivity index (χ1v) is 14.4. The maximum Gasteiger partial charge on any atom is 0.410 e. The number of benzene rings is 2. The Hall–Kier alpha value is -4.74. The lowest BCUT2D eigenvalue weighted by Gasteiger charge is -2.32. The average Bonchev–Trinajstić information content (AvgIpc) is 3.67. The van der Waals surface area contributed by atoms with Crippen molar-refractivity contribution < 1.29 is 18.3 Å². The number of amides is 1. The highest BCUT2D eigenvalue weighted by Gasteiger charge is 2.36. The Morgan fingerprint density at radius 1 is 1.09 bits per heavy atom. The van der Waals surface area contributed by atoms with Crippen LogP contribution in [0.25, 0.3) is 28.1 Å². The van der Waals surface area contributed by atoms with Crippen LogP contribution < -0.4 is 5.69 Å². The minimum atomic E-state index is -0.569. The molecule has 0 fully saturated rings. The van der Waals surface area contributed by atoms with Crippen molar-refractivity contribution in [2.24, 2.45) is 7.05 Å². The zero-order valence-electron chi connectivity index (χ0n) is 24.8. The summed E-state index contributed by atoms with van der Waals surface area (Å²) in [7, 11) is 1.72. The number of nitrogens with zero attached hydrogens (tertiary/aromatic N) is 7. The van der Waals surface area contributed by atoms with Crippen molar-refractivity contribution in [3.05, 3.63) is 87.4 Å². The number of carbonyl (C=O) groups is 1. The summed E-state index contributed by atoms with van der Waals surface area (Å²) >= 11 is 0. The van der Waals surface area contributed by atoms with Gasteiger partial charge in [-0.25, -0.2) is 23.1 Å². The van der Waals surface area contributed by atoms with Gasteiger partial charge in [-0.3, -0.25) is 13.8 Å². The maximum absolute atomic E-state index is 15.6. The molecule has 1 aliphatic rings. The average molecular weight is 590 g/mol. The molecule has 0 bridgehead atoms. The summed E-state index contributed by atoms with van der Waals surface area (Å²) in [5.74, 6) is -0.494. The summed E-state index contributed by atoms with van der Waals surface area (Å²) < 4.78 is 41.6. The van der Waals surface area contributed by atoms with Gasteiger partial charge in [0.15, 0.2) is 5.82 Å². The first-order chi connectivity index (χ1) is 20.6. The number of aromatic nitrogens is 6. The van der Waals surface area contributed by atoms with Crippen LogP contribution in [0.3, 0.4) is 0 Å². The van der Waals surface area contributed by atoms with Crippen LogP contribution in [0, 0.1) is 25.5 Å². The molecule has 6 rings (SSSR count). The van der Waals surface area contributed by atoms with E-state index < -0.39 is 23.6 Å². The van der Waals surface area contributed by atoms with Crippen molar-refractivity contribution in [3.8, 4) is 17.2 Å². The van der Waals surface area contributed by atoms with Crippen LogP contribution in [0.4, 0.5) is 13.6 Å². The van der Waals surface area contributed by atoms with E-state index in [1.807, 2.05) is 13.8 Å². The molecule has 2 aromatic carbocycles. The molecule has 10 nitrogen and oxygen atoms in total. The Labute approximate surface area is 246 Å². The molecule has 0 spiro atoms. The van der Waals surface area contributed by atoms with E-state index >= 15 is 4.39 Å². The number of hydrogen-bond acceptors (Lipinski definition) is 5. The summed E-state index contributed by atoms with van der Waals surface area (Å²) in [5, 5.41) is 9.30. The minimum absolute atomic E-state index is 0.0758. The lowest BCUT2D eigenvalue weighted by molar-refractivity contribution is 0.0847. The maximum atomic E-state index is 15.6. The lowest BCUT2D eigenvalue weighted by Crippen LogP contribution is -2.39. The highest BCUT2D eigenvalue weighted by Crippen LogP contribution is 2.36. The van der Waals surface area contributed by atoms with Gasteiger partial charge < -0.3 is 9.64 Å². The fourth-order valence-electron chi connectivity index (χ4n) is 5.84. The van der Waals surface area contributed by atoms with Crippen molar-refractivity contribution in [2.45, 2.75) is 53.0 Å². The molecule has 1 atom stereocenters. The third kappa shape index (κ3) is 4.61. The van der Waals surface area contributed by atoms with E-state index in [0.29, 0.717) is 64.4 Å². The largest absolute Gasteiger partial charge is 0.449 e. The van der Waals surface area contributed by atoms with E-state index in [2.05, 4.69) is 5.10 Å². The standard InChI is InChI=1S/C31H33F2N7O3/c1-6-7-14-43-31(42)37-11-10-23-26(20(37)4)29(40(35-23)21-15-18(2)27(32)19(3)16-21)39-13-12-38(30(39)41)25-9-8-24-22(28(25)33)17-34-36(24)5/h8-9,12-13,15-17,20H,6-7,10-11,14H2,1-5H3/t20-/m0/s1. The number of ether oxygens (including phenoxy) is 1. The minimum Gasteiger partial charge on any atom is -0.449 e.